The summed E-state index contributed by atoms with van der Waals surface area (Å²) in [6.07, 6.45) is 0. The molecule has 0 amide bonds. The Bertz CT molecular complexity index is 318. The standard InChI is InChI=1S/C12H19NS/c1-9-5-6-10(2)11(7-9)14-12(3,4)8-13/h5-7H,8,13H2,1-4H3. The highest BCUT2D eigenvalue weighted by Gasteiger charge is 2.17. The molecule has 0 atom stereocenters. The van der Waals surface area contributed by atoms with E-state index in [-0.39, 0.29) is 4.75 Å². The second kappa shape index (κ2) is 4.37. The zero-order valence-electron chi connectivity index (χ0n) is 9.42. The number of benzene rings is 1. The number of aryl methyl sites for hydroxylation is 2. The second-order valence-corrected chi connectivity index (χ2v) is 6.08. The maximum absolute atomic E-state index is 5.72. The molecule has 2 heteroatoms. The summed E-state index contributed by atoms with van der Waals surface area (Å²) in [4.78, 5) is 1.35. The van der Waals surface area contributed by atoms with Gasteiger partial charge < -0.3 is 5.73 Å². The fraction of sp³-hybridized carbons (Fsp3) is 0.500. The van der Waals surface area contributed by atoms with E-state index in [0.717, 1.165) is 0 Å². The summed E-state index contributed by atoms with van der Waals surface area (Å²) >= 11 is 1.86. The van der Waals surface area contributed by atoms with Crippen molar-refractivity contribution >= 4 is 11.8 Å². The first-order valence-corrected chi connectivity index (χ1v) is 5.72. The number of rotatable bonds is 3. The Hall–Kier alpha value is -0.470. The third-order valence-electron chi connectivity index (χ3n) is 2.22. The number of hydrogen-bond acceptors (Lipinski definition) is 2. The second-order valence-electron chi connectivity index (χ2n) is 4.33. The van der Waals surface area contributed by atoms with Crippen LogP contribution in [0.15, 0.2) is 23.1 Å². The Balaban J connectivity index is 2.91. The zero-order valence-corrected chi connectivity index (χ0v) is 10.2. The number of hydrogen-bond donors (Lipinski definition) is 1. The van der Waals surface area contributed by atoms with Gasteiger partial charge in [0.2, 0.25) is 0 Å². The largest absolute Gasteiger partial charge is 0.329 e. The molecule has 14 heavy (non-hydrogen) atoms. The Morgan fingerprint density at radius 3 is 2.50 bits per heavy atom. The first-order chi connectivity index (χ1) is 6.44. The molecule has 2 N–H and O–H groups in total. The van der Waals surface area contributed by atoms with E-state index in [2.05, 4.69) is 45.9 Å². The maximum atomic E-state index is 5.72. The summed E-state index contributed by atoms with van der Waals surface area (Å²) in [6.45, 7) is 9.33. The smallest absolute Gasteiger partial charge is 0.0273 e. The van der Waals surface area contributed by atoms with Crippen molar-refractivity contribution in [3.8, 4) is 0 Å². The van der Waals surface area contributed by atoms with Crippen LogP contribution in [0.5, 0.6) is 0 Å². The molecule has 1 aromatic carbocycles. The highest BCUT2D eigenvalue weighted by atomic mass is 32.2. The maximum Gasteiger partial charge on any atom is 0.0273 e. The highest BCUT2D eigenvalue weighted by Crippen LogP contribution is 2.34. The third-order valence-corrected chi connectivity index (χ3v) is 3.60. The van der Waals surface area contributed by atoms with Crippen molar-refractivity contribution in [2.24, 2.45) is 5.73 Å². The van der Waals surface area contributed by atoms with Gasteiger partial charge in [-0.2, -0.15) is 0 Å². The summed E-state index contributed by atoms with van der Waals surface area (Å²) in [6, 6.07) is 6.55. The minimum absolute atomic E-state index is 0.124. The van der Waals surface area contributed by atoms with E-state index >= 15 is 0 Å². The average molecular weight is 209 g/mol. The minimum atomic E-state index is 0.124. The van der Waals surface area contributed by atoms with Crippen LogP contribution in [0.2, 0.25) is 0 Å². The number of thioether (sulfide) groups is 1. The SMILES string of the molecule is Cc1ccc(C)c(SC(C)(C)CN)c1. The van der Waals surface area contributed by atoms with Crippen LogP contribution in [-0.2, 0) is 0 Å². The van der Waals surface area contributed by atoms with Crippen LogP contribution < -0.4 is 5.73 Å². The van der Waals surface area contributed by atoms with Crippen molar-refractivity contribution in [2.45, 2.75) is 37.3 Å². The van der Waals surface area contributed by atoms with E-state index in [1.54, 1.807) is 0 Å². The summed E-state index contributed by atoms with van der Waals surface area (Å²) in [5, 5.41) is 0. The number of nitrogens with two attached hydrogens (primary N) is 1. The topological polar surface area (TPSA) is 26.0 Å². The van der Waals surface area contributed by atoms with E-state index in [4.69, 9.17) is 5.73 Å². The summed E-state index contributed by atoms with van der Waals surface area (Å²) in [5.74, 6) is 0. The van der Waals surface area contributed by atoms with Crippen LogP contribution in [0.25, 0.3) is 0 Å². The molecule has 0 fully saturated rings. The lowest BCUT2D eigenvalue weighted by Crippen LogP contribution is -2.26. The van der Waals surface area contributed by atoms with Gasteiger partial charge in [-0.05, 0) is 39.3 Å². The van der Waals surface area contributed by atoms with Gasteiger partial charge in [0.25, 0.3) is 0 Å². The molecule has 0 heterocycles. The molecular formula is C12H19NS. The van der Waals surface area contributed by atoms with Gasteiger partial charge in [-0.1, -0.05) is 17.7 Å². The molecule has 78 valence electrons. The normalized spacial score (nSPS) is 11.8. The lowest BCUT2D eigenvalue weighted by molar-refractivity contribution is 0.722. The molecule has 1 nitrogen and oxygen atoms in total. The average Bonchev–Trinajstić information content (AvgIpc) is 2.11. The Kier molecular flexibility index (Phi) is 3.62. The molecule has 1 rings (SSSR count). The van der Waals surface area contributed by atoms with Crippen LogP contribution in [-0.4, -0.2) is 11.3 Å². The predicted molar refractivity (Wildman–Crippen MR) is 64.9 cm³/mol. The van der Waals surface area contributed by atoms with Crippen molar-refractivity contribution in [2.75, 3.05) is 6.54 Å². The monoisotopic (exact) mass is 209 g/mol. The first kappa shape index (κ1) is 11.6. The van der Waals surface area contributed by atoms with Crippen molar-refractivity contribution in [1.29, 1.82) is 0 Å². The van der Waals surface area contributed by atoms with Gasteiger partial charge >= 0.3 is 0 Å². The molecular weight excluding hydrogens is 190 g/mol. The van der Waals surface area contributed by atoms with Gasteiger partial charge in [-0.15, -0.1) is 11.8 Å². The lowest BCUT2D eigenvalue weighted by Gasteiger charge is -2.22. The molecule has 0 radical (unpaired) electrons. The molecule has 0 bridgehead atoms. The van der Waals surface area contributed by atoms with E-state index in [0.29, 0.717) is 6.54 Å². The van der Waals surface area contributed by atoms with Gasteiger partial charge in [0.15, 0.2) is 0 Å². The minimum Gasteiger partial charge on any atom is -0.329 e. The van der Waals surface area contributed by atoms with Gasteiger partial charge in [0.05, 0.1) is 0 Å². The molecule has 0 aliphatic rings. The molecule has 0 spiro atoms. The highest BCUT2D eigenvalue weighted by molar-refractivity contribution is 8.00. The van der Waals surface area contributed by atoms with Gasteiger partial charge in [-0.3, -0.25) is 0 Å². The summed E-state index contributed by atoms with van der Waals surface area (Å²) < 4.78 is 0.124. The van der Waals surface area contributed by atoms with E-state index in [1.165, 1.54) is 16.0 Å². The van der Waals surface area contributed by atoms with Crippen LogP contribution in [0.4, 0.5) is 0 Å². The lowest BCUT2D eigenvalue weighted by atomic mass is 10.2. The predicted octanol–water partition coefficient (Wildman–Crippen LogP) is 3.13. The first-order valence-electron chi connectivity index (χ1n) is 4.91. The summed E-state index contributed by atoms with van der Waals surface area (Å²) in [5.41, 5.74) is 8.37. The summed E-state index contributed by atoms with van der Waals surface area (Å²) in [7, 11) is 0. The Morgan fingerprint density at radius 2 is 1.93 bits per heavy atom. The van der Waals surface area contributed by atoms with E-state index < -0.39 is 0 Å². The molecule has 0 aliphatic carbocycles. The van der Waals surface area contributed by atoms with Crippen molar-refractivity contribution in [3.63, 3.8) is 0 Å². The van der Waals surface area contributed by atoms with E-state index in [1.807, 2.05) is 11.8 Å². The third kappa shape index (κ3) is 3.03. The van der Waals surface area contributed by atoms with Crippen LogP contribution in [0.1, 0.15) is 25.0 Å². The Labute approximate surface area is 91.1 Å². The molecule has 0 aliphatic heterocycles. The van der Waals surface area contributed by atoms with E-state index in [9.17, 15) is 0 Å². The molecule has 0 aromatic heterocycles. The fourth-order valence-corrected chi connectivity index (χ4v) is 2.31. The van der Waals surface area contributed by atoms with Crippen molar-refractivity contribution in [1.82, 2.24) is 0 Å². The van der Waals surface area contributed by atoms with Gasteiger partial charge in [-0.25, -0.2) is 0 Å². The fourth-order valence-electron chi connectivity index (χ4n) is 1.16. The van der Waals surface area contributed by atoms with Crippen LogP contribution >= 0.6 is 11.8 Å². The molecule has 0 saturated carbocycles. The quantitative estimate of drug-likeness (QED) is 0.774. The van der Waals surface area contributed by atoms with Crippen molar-refractivity contribution < 1.29 is 0 Å². The molecule has 1 aromatic rings. The van der Waals surface area contributed by atoms with Crippen LogP contribution in [0.3, 0.4) is 0 Å². The van der Waals surface area contributed by atoms with Gasteiger partial charge in [0, 0.05) is 16.2 Å². The van der Waals surface area contributed by atoms with Crippen LogP contribution in [0, 0.1) is 13.8 Å². The van der Waals surface area contributed by atoms with Crippen molar-refractivity contribution in [3.05, 3.63) is 29.3 Å². The Morgan fingerprint density at radius 1 is 1.29 bits per heavy atom. The molecule has 0 unspecified atom stereocenters. The zero-order chi connectivity index (χ0) is 10.8. The molecule has 0 saturated heterocycles. The van der Waals surface area contributed by atoms with Gasteiger partial charge in [0.1, 0.15) is 0 Å².